The van der Waals surface area contributed by atoms with Gasteiger partial charge in [0.15, 0.2) is 0 Å². The first-order chi connectivity index (χ1) is 11.7. The molecule has 0 aliphatic heterocycles. The molecule has 0 bridgehead atoms. The van der Waals surface area contributed by atoms with Crippen molar-refractivity contribution in [3.8, 4) is 0 Å². The molecule has 0 atom stereocenters. The van der Waals surface area contributed by atoms with Gasteiger partial charge >= 0.3 is 0 Å². The minimum Gasteiger partial charge on any atom is -0.350 e. The number of benzene rings is 2. The smallest absolute Gasteiger partial charge is 0.241 e. The van der Waals surface area contributed by atoms with Crippen LogP contribution in [-0.4, -0.2) is 27.1 Å². The monoisotopic (exact) mass is 424 g/mol. The second kappa shape index (κ2) is 8.01. The Morgan fingerprint density at radius 3 is 2.40 bits per heavy atom. The number of aryl methyl sites for hydroxylation is 2. The molecule has 0 fully saturated rings. The van der Waals surface area contributed by atoms with E-state index in [1.54, 1.807) is 18.2 Å². The third-order valence-corrected chi connectivity index (χ3v) is 5.88. The third kappa shape index (κ3) is 5.31. The van der Waals surface area contributed by atoms with E-state index in [0.717, 1.165) is 31.7 Å². The maximum Gasteiger partial charge on any atom is 0.241 e. The molecule has 0 saturated heterocycles. The van der Waals surface area contributed by atoms with Gasteiger partial charge in [0.05, 0.1) is 11.9 Å². The third-order valence-electron chi connectivity index (χ3n) is 3.85. The van der Waals surface area contributed by atoms with Crippen molar-refractivity contribution in [2.24, 2.45) is 0 Å². The quantitative estimate of drug-likeness (QED) is 0.774. The molecule has 0 aromatic heterocycles. The fourth-order valence-electron chi connectivity index (χ4n) is 2.37. The number of anilines is 1. The molecule has 1 amide bonds. The second-order valence-electron chi connectivity index (χ2n) is 5.91. The fourth-order valence-corrected chi connectivity index (χ4v) is 3.47. The van der Waals surface area contributed by atoms with Crippen molar-refractivity contribution in [2.75, 3.05) is 17.1 Å². The van der Waals surface area contributed by atoms with E-state index >= 15 is 0 Å². The Labute approximate surface area is 157 Å². The van der Waals surface area contributed by atoms with Crippen LogP contribution in [0.3, 0.4) is 0 Å². The van der Waals surface area contributed by atoms with Crippen LogP contribution in [0.15, 0.2) is 46.9 Å². The molecule has 0 spiro atoms. The van der Waals surface area contributed by atoms with Crippen LogP contribution in [0, 0.1) is 13.8 Å². The van der Waals surface area contributed by atoms with Gasteiger partial charge in [0, 0.05) is 11.0 Å². The first-order valence-electron chi connectivity index (χ1n) is 7.73. The SMILES string of the molecule is Cc1cc(N(CC(=O)NCc2ccccc2C)S(C)(=O)=O)ccc1Br. The summed E-state index contributed by atoms with van der Waals surface area (Å²) in [6.45, 7) is 3.94. The van der Waals surface area contributed by atoms with Gasteiger partial charge in [-0.25, -0.2) is 8.42 Å². The summed E-state index contributed by atoms with van der Waals surface area (Å²) in [5.74, 6) is -0.353. The Kier molecular flexibility index (Phi) is 6.24. The highest BCUT2D eigenvalue weighted by atomic mass is 79.9. The van der Waals surface area contributed by atoms with Gasteiger partial charge in [0.2, 0.25) is 15.9 Å². The average molecular weight is 425 g/mol. The van der Waals surface area contributed by atoms with Gasteiger partial charge in [-0.05, 0) is 48.7 Å². The van der Waals surface area contributed by atoms with Crippen molar-refractivity contribution in [2.45, 2.75) is 20.4 Å². The predicted octanol–water partition coefficient (Wildman–Crippen LogP) is 3.15. The molecule has 0 aliphatic carbocycles. The Bertz CT molecular complexity index is 882. The van der Waals surface area contributed by atoms with Gasteiger partial charge in [0.25, 0.3) is 0 Å². The standard InChI is InChI=1S/C18H21BrN2O3S/c1-13-6-4-5-7-15(13)11-20-18(22)12-21(25(3,23)24)16-8-9-17(19)14(2)10-16/h4-10H,11-12H2,1-3H3,(H,20,22). The molecular weight excluding hydrogens is 404 g/mol. The lowest BCUT2D eigenvalue weighted by atomic mass is 10.1. The number of sulfonamides is 1. The largest absolute Gasteiger partial charge is 0.350 e. The molecule has 2 aromatic carbocycles. The summed E-state index contributed by atoms with van der Waals surface area (Å²) in [4.78, 5) is 12.3. The van der Waals surface area contributed by atoms with Crippen molar-refractivity contribution in [1.82, 2.24) is 5.32 Å². The van der Waals surface area contributed by atoms with Crippen molar-refractivity contribution in [1.29, 1.82) is 0 Å². The first-order valence-corrected chi connectivity index (χ1v) is 10.4. The Morgan fingerprint density at radius 1 is 1.12 bits per heavy atom. The van der Waals surface area contributed by atoms with Crippen LogP contribution < -0.4 is 9.62 Å². The summed E-state index contributed by atoms with van der Waals surface area (Å²) in [5, 5.41) is 2.78. The number of carbonyl (C=O) groups is 1. The van der Waals surface area contributed by atoms with Crippen LogP contribution >= 0.6 is 15.9 Å². The Morgan fingerprint density at radius 2 is 1.80 bits per heavy atom. The summed E-state index contributed by atoms with van der Waals surface area (Å²) in [6, 6.07) is 12.9. The molecule has 0 aliphatic rings. The fraction of sp³-hybridized carbons (Fsp3) is 0.278. The van der Waals surface area contributed by atoms with E-state index in [1.807, 2.05) is 38.1 Å². The van der Waals surface area contributed by atoms with Gasteiger partial charge in [-0.1, -0.05) is 40.2 Å². The van der Waals surface area contributed by atoms with Crippen molar-refractivity contribution in [3.63, 3.8) is 0 Å². The Hall–Kier alpha value is -1.86. The maximum atomic E-state index is 12.3. The lowest BCUT2D eigenvalue weighted by molar-refractivity contribution is -0.119. The topological polar surface area (TPSA) is 66.5 Å². The van der Waals surface area contributed by atoms with E-state index in [9.17, 15) is 13.2 Å². The van der Waals surface area contributed by atoms with Crippen molar-refractivity contribution < 1.29 is 13.2 Å². The molecule has 2 rings (SSSR count). The first kappa shape index (κ1) is 19.5. The molecule has 25 heavy (non-hydrogen) atoms. The lowest BCUT2D eigenvalue weighted by Gasteiger charge is -2.22. The number of halogens is 1. The zero-order valence-corrected chi connectivity index (χ0v) is 16.8. The van der Waals surface area contributed by atoms with E-state index in [2.05, 4.69) is 21.2 Å². The van der Waals surface area contributed by atoms with Crippen LogP contribution in [0.25, 0.3) is 0 Å². The molecule has 0 radical (unpaired) electrons. The van der Waals surface area contributed by atoms with Crippen molar-refractivity contribution in [3.05, 3.63) is 63.6 Å². The second-order valence-corrected chi connectivity index (χ2v) is 8.67. The van der Waals surface area contributed by atoms with E-state index in [4.69, 9.17) is 0 Å². The van der Waals surface area contributed by atoms with Crippen molar-refractivity contribution >= 4 is 37.5 Å². The average Bonchev–Trinajstić information content (AvgIpc) is 2.53. The van der Waals surface area contributed by atoms with Gasteiger partial charge in [-0.2, -0.15) is 0 Å². The molecule has 1 N–H and O–H groups in total. The molecule has 2 aromatic rings. The predicted molar refractivity (Wildman–Crippen MR) is 104 cm³/mol. The molecule has 7 heteroatoms. The molecule has 0 saturated carbocycles. The lowest BCUT2D eigenvalue weighted by Crippen LogP contribution is -2.40. The minimum absolute atomic E-state index is 0.258. The molecule has 5 nitrogen and oxygen atoms in total. The van der Waals surface area contributed by atoms with Gasteiger partial charge in [-0.3, -0.25) is 9.10 Å². The van der Waals surface area contributed by atoms with E-state index in [0.29, 0.717) is 12.2 Å². The highest BCUT2D eigenvalue weighted by molar-refractivity contribution is 9.10. The maximum absolute atomic E-state index is 12.3. The number of hydrogen-bond donors (Lipinski definition) is 1. The summed E-state index contributed by atoms with van der Waals surface area (Å²) < 4.78 is 26.2. The summed E-state index contributed by atoms with van der Waals surface area (Å²) >= 11 is 3.39. The van der Waals surface area contributed by atoms with Crippen LogP contribution in [0.1, 0.15) is 16.7 Å². The molecular formula is C18H21BrN2O3S. The number of hydrogen-bond acceptors (Lipinski definition) is 3. The summed E-state index contributed by atoms with van der Waals surface area (Å²) in [6.07, 6.45) is 1.10. The number of amides is 1. The molecule has 0 unspecified atom stereocenters. The number of rotatable bonds is 6. The highest BCUT2D eigenvalue weighted by Crippen LogP contribution is 2.24. The normalized spacial score (nSPS) is 11.2. The van der Waals surface area contributed by atoms with Gasteiger partial charge < -0.3 is 5.32 Å². The molecule has 134 valence electrons. The summed E-state index contributed by atoms with van der Waals surface area (Å²) in [7, 11) is -3.58. The molecule has 0 heterocycles. The zero-order valence-electron chi connectivity index (χ0n) is 14.4. The van der Waals surface area contributed by atoms with Crippen LogP contribution in [0.5, 0.6) is 0 Å². The van der Waals surface area contributed by atoms with Crippen LogP contribution in [0.4, 0.5) is 5.69 Å². The number of nitrogens with one attached hydrogen (secondary N) is 1. The van der Waals surface area contributed by atoms with Gasteiger partial charge in [-0.15, -0.1) is 0 Å². The van der Waals surface area contributed by atoms with Crippen LogP contribution in [-0.2, 0) is 21.4 Å². The van der Waals surface area contributed by atoms with E-state index in [-0.39, 0.29) is 12.5 Å². The van der Waals surface area contributed by atoms with Gasteiger partial charge in [0.1, 0.15) is 6.54 Å². The summed E-state index contributed by atoms with van der Waals surface area (Å²) in [5.41, 5.74) is 3.44. The zero-order chi connectivity index (χ0) is 18.6. The number of carbonyl (C=O) groups excluding carboxylic acids is 1. The van der Waals surface area contributed by atoms with Crippen LogP contribution in [0.2, 0.25) is 0 Å². The Balaban J connectivity index is 2.13. The van der Waals surface area contributed by atoms with E-state index < -0.39 is 10.0 Å². The highest BCUT2D eigenvalue weighted by Gasteiger charge is 2.21. The number of nitrogens with zero attached hydrogens (tertiary/aromatic N) is 1. The van der Waals surface area contributed by atoms with E-state index in [1.165, 1.54) is 0 Å². The minimum atomic E-state index is -3.58.